The van der Waals surface area contributed by atoms with Gasteiger partial charge in [0.2, 0.25) is 15.9 Å². The second kappa shape index (κ2) is 7.37. The molecule has 2 aromatic carbocycles. The Balaban J connectivity index is 1.64. The van der Waals surface area contributed by atoms with Crippen LogP contribution < -0.4 is 15.4 Å². The van der Waals surface area contributed by atoms with E-state index in [1.165, 1.54) is 38.4 Å². The summed E-state index contributed by atoms with van der Waals surface area (Å²) in [5, 5.41) is 5.33. The van der Waals surface area contributed by atoms with Crippen LogP contribution in [0, 0.1) is 0 Å². The summed E-state index contributed by atoms with van der Waals surface area (Å²) in [4.78, 5) is 24.4. The van der Waals surface area contributed by atoms with Crippen LogP contribution in [0.25, 0.3) is 0 Å². The summed E-state index contributed by atoms with van der Waals surface area (Å²) in [7, 11) is -0.647. The number of hydrogen-bond donors (Lipinski definition) is 2. The zero-order valence-corrected chi connectivity index (χ0v) is 15.6. The van der Waals surface area contributed by atoms with Crippen molar-refractivity contribution in [3.05, 3.63) is 48.5 Å². The molecule has 2 N–H and O–H groups in total. The highest BCUT2D eigenvalue weighted by Gasteiger charge is 2.29. The van der Waals surface area contributed by atoms with Gasteiger partial charge in [0.25, 0.3) is 5.91 Å². The molecule has 27 heavy (non-hydrogen) atoms. The fraction of sp³-hybridized carbons (Fsp3) is 0.222. The van der Waals surface area contributed by atoms with Gasteiger partial charge in [-0.1, -0.05) is 12.1 Å². The van der Waals surface area contributed by atoms with Crippen molar-refractivity contribution >= 4 is 33.2 Å². The average molecular weight is 389 g/mol. The molecule has 0 spiro atoms. The quantitative estimate of drug-likeness (QED) is 0.809. The van der Waals surface area contributed by atoms with Crippen molar-refractivity contribution in [2.75, 3.05) is 24.7 Å². The lowest BCUT2D eigenvalue weighted by atomic mass is 10.1. The molecule has 1 aliphatic rings. The fourth-order valence-corrected chi connectivity index (χ4v) is 3.43. The van der Waals surface area contributed by atoms with Gasteiger partial charge in [0.15, 0.2) is 6.10 Å². The van der Waals surface area contributed by atoms with E-state index < -0.39 is 27.9 Å². The highest BCUT2D eigenvalue weighted by molar-refractivity contribution is 7.89. The monoisotopic (exact) mass is 389 g/mol. The van der Waals surface area contributed by atoms with Gasteiger partial charge in [-0.25, -0.2) is 12.7 Å². The molecule has 0 saturated heterocycles. The molecule has 1 aliphatic heterocycles. The van der Waals surface area contributed by atoms with Crippen molar-refractivity contribution in [1.82, 2.24) is 4.31 Å². The first-order valence-corrected chi connectivity index (χ1v) is 9.60. The molecule has 2 amide bonds. The summed E-state index contributed by atoms with van der Waals surface area (Å²) in [6.45, 7) is 0. The van der Waals surface area contributed by atoms with Gasteiger partial charge in [0, 0.05) is 19.8 Å². The first kappa shape index (κ1) is 18.9. The molecular weight excluding hydrogens is 370 g/mol. The highest BCUT2D eigenvalue weighted by atomic mass is 32.2. The number of carbonyl (C=O) groups is 2. The number of fused-ring (bicyclic) bond motifs is 1. The molecule has 9 heteroatoms. The lowest BCUT2D eigenvalue weighted by Crippen LogP contribution is -2.39. The predicted octanol–water partition coefficient (Wildman–Crippen LogP) is 1.67. The van der Waals surface area contributed by atoms with Crippen LogP contribution in [0.15, 0.2) is 53.4 Å². The third kappa shape index (κ3) is 4.09. The second-order valence-corrected chi connectivity index (χ2v) is 8.31. The zero-order valence-electron chi connectivity index (χ0n) is 14.8. The van der Waals surface area contributed by atoms with Crippen molar-refractivity contribution in [3.63, 3.8) is 0 Å². The fourth-order valence-electron chi connectivity index (χ4n) is 2.53. The van der Waals surface area contributed by atoms with E-state index in [0.717, 1.165) is 4.31 Å². The van der Waals surface area contributed by atoms with Gasteiger partial charge in [-0.15, -0.1) is 0 Å². The molecule has 1 atom stereocenters. The van der Waals surface area contributed by atoms with E-state index in [4.69, 9.17) is 4.74 Å². The van der Waals surface area contributed by atoms with E-state index in [1.807, 2.05) is 0 Å². The van der Waals surface area contributed by atoms with E-state index in [9.17, 15) is 18.0 Å². The van der Waals surface area contributed by atoms with E-state index in [0.29, 0.717) is 17.1 Å². The number of rotatable bonds is 5. The molecule has 0 bridgehead atoms. The van der Waals surface area contributed by atoms with Crippen LogP contribution in [-0.2, 0) is 19.6 Å². The molecule has 0 fully saturated rings. The van der Waals surface area contributed by atoms with Gasteiger partial charge in [-0.05, 0) is 36.4 Å². The first-order valence-electron chi connectivity index (χ1n) is 8.16. The molecule has 142 valence electrons. The normalized spacial score (nSPS) is 16.3. The smallest absolute Gasteiger partial charge is 0.266 e. The van der Waals surface area contributed by atoms with E-state index in [1.54, 1.807) is 24.3 Å². The Kier molecular flexibility index (Phi) is 5.15. The molecular formula is C18H19N3O5S. The topological polar surface area (TPSA) is 105 Å². The number of hydrogen-bond acceptors (Lipinski definition) is 5. The standard InChI is InChI=1S/C18H19N3O5S/c1-21(2)27(24,25)13-9-7-12(8-10-13)19-17(22)11-16-18(23)20-14-5-3-4-6-15(14)26-16/h3-10,16H,11H2,1-2H3,(H,19,22)(H,20,23)/t16-/m1/s1. The Hall–Kier alpha value is -2.91. The lowest BCUT2D eigenvalue weighted by Gasteiger charge is -2.25. The molecule has 1 heterocycles. The third-order valence-electron chi connectivity index (χ3n) is 3.99. The van der Waals surface area contributed by atoms with Crippen molar-refractivity contribution in [2.24, 2.45) is 0 Å². The summed E-state index contributed by atoms with van der Waals surface area (Å²) in [6.07, 6.45) is -1.11. The molecule has 0 saturated carbocycles. The minimum atomic E-state index is -3.53. The highest BCUT2D eigenvalue weighted by Crippen LogP contribution is 2.29. The van der Waals surface area contributed by atoms with Gasteiger partial charge in [-0.3, -0.25) is 9.59 Å². The van der Waals surface area contributed by atoms with E-state index in [-0.39, 0.29) is 11.3 Å². The molecule has 2 aromatic rings. The first-order chi connectivity index (χ1) is 12.8. The number of sulfonamides is 1. The van der Waals surface area contributed by atoms with E-state index in [2.05, 4.69) is 10.6 Å². The van der Waals surface area contributed by atoms with Crippen LogP contribution in [0.2, 0.25) is 0 Å². The number of ether oxygens (including phenoxy) is 1. The third-order valence-corrected chi connectivity index (χ3v) is 5.82. The largest absolute Gasteiger partial charge is 0.478 e. The van der Waals surface area contributed by atoms with Crippen LogP contribution in [0.5, 0.6) is 5.75 Å². The van der Waals surface area contributed by atoms with Crippen LogP contribution in [0.1, 0.15) is 6.42 Å². The summed E-state index contributed by atoms with van der Waals surface area (Å²) < 4.78 is 30.8. The Labute approximate surface area is 157 Å². The molecule has 0 unspecified atom stereocenters. The second-order valence-electron chi connectivity index (χ2n) is 6.16. The number of nitrogens with one attached hydrogen (secondary N) is 2. The van der Waals surface area contributed by atoms with Crippen LogP contribution in [0.3, 0.4) is 0 Å². The Morgan fingerprint density at radius 2 is 1.81 bits per heavy atom. The van der Waals surface area contributed by atoms with Crippen molar-refractivity contribution in [3.8, 4) is 5.75 Å². The van der Waals surface area contributed by atoms with Crippen LogP contribution >= 0.6 is 0 Å². The van der Waals surface area contributed by atoms with E-state index >= 15 is 0 Å². The number of anilines is 2. The van der Waals surface area contributed by atoms with Gasteiger partial charge in [0.1, 0.15) is 5.75 Å². The number of nitrogens with zero attached hydrogens (tertiary/aromatic N) is 1. The van der Waals surface area contributed by atoms with Crippen molar-refractivity contribution in [2.45, 2.75) is 17.4 Å². The maximum atomic E-state index is 12.2. The Morgan fingerprint density at radius 3 is 2.48 bits per heavy atom. The molecule has 0 radical (unpaired) electrons. The summed E-state index contributed by atoms with van der Waals surface area (Å²) in [5.74, 6) is -0.304. The molecule has 3 rings (SSSR count). The van der Waals surface area contributed by atoms with Crippen LogP contribution in [0.4, 0.5) is 11.4 Å². The summed E-state index contributed by atoms with van der Waals surface area (Å²) in [5.41, 5.74) is 0.992. The lowest BCUT2D eigenvalue weighted by molar-refractivity contribution is -0.128. The maximum absolute atomic E-state index is 12.2. The van der Waals surface area contributed by atoms with Gasteiger partial charge < -0.3 is 15.4 Å². The number of carbonyl (C=O) groups excluding carboxylic acids is 2. The number of para-hydroxylation sites is 2. The summed E-state index contributed by atoms with van der Waals surface area (Å²) >= 11 is 0. The minimum Gasteiger partial charge on any atom is -0.478 e. The SMILES string of the molecule is CN(C)S(=O)(=O)c1ccc(NC(=O)C[C@H]2Oc3ccccc3NC2=O)cc1. The van der Waals surface area contributed by atoms with Gasteiger partial charge in [0.05, 0.1) is 17.0 Å². The zero-order chi connectivity index (χ0) is 19.6. The Bertz CT molecular complexity index is 971. The number of amides is 2. The van der Waals surface area contributed by atoms with Gasteiger partial charge >= 0.3 is 0 Å². The molecule has 0 aromatic heterocycles. The Morgan fingerprint density at radius 1 is 1.15 bits per heavy atom. The number of benzene rings is 2. The predicted molar refractivity (Wildman–Crippen MR) is 100 cm³/mol. The van der Waals surface area contributed by atoms with Crippen molar-refractivity contribution < 1.29 is 22.7 Å². The maximum Gasteiger partial charge on any atom is 0.266 e. The average Bonchev–Trinajstić information content (AvgIpc) is 2.62. The van der Waals surface area contributed by atoms with Crippen LogP contribution in [-0.4, -0.2) is 44.7 Å². The molecule has 0 aliphatic carbocycles. The van der Waals surface area contributed by atoms with Gasteiger partial charge in [-0.2, -0.15) is 0 Å². The summed E-state index contributed by atoms with van der Waals surface area (Å²) in [6, 6.07) is 12.8. The minimum absolute atomic E-state index is 0.122. The van der Waals surface area contributed by atoms with Crippen molar-refractivity contribution in [1.29, 1.82) is 0 Å². The molecule has 8 nitrogen and oxygen atoms in total.